The molecular weight excluding hydrogens is 477 g/mol. The molecule has 0 unspecified atom stereocenters. The van der Waals surface area contributed by atoms with Crippen LogP contribution < -0.4 is 15.0 Å². The normalized spacial score (nSPS) is 20.8. The maximum atomic E-state index is 13.1. The highest BCUT2D eigenvalue weighted by Crippen LogP contribution is 2.34. The number of benzene rings is 1. The quantitative estimate of drug-likeness (QED) is 0.523. The molecule has 1 N–H and O–H groups in total. The predicted octanol–water partition coefficient (Wildman–Crippen LogP) is 4.24. The molecule has 2 fully saturated rings. The van der Waals surface area contributed by atoms with Crippen molar-refractivity contribution in [3.8, 4) is 5.88 Å². The minimum atomic E-state index is -4.60. The van der Waals surface area contributed by atoms with E-state index in [1.165, 1.54) is 6.33 Å². The van der Waals surface area contributed by atoms with Crippen LogP contribution in [0.5, 0.6) is 5.88 Å². The Labute approximate surface area is 204 Å². The van der Waals surface area contributed by atoms with Crippen molar-refractivity contribution in [2.45, 2.75) is 44.0 Å². The average molecular weight is 500 g/mol. The number of aromatic nitrogens is 3. The summed E-state index contributed by atoms with van der Waals surface area (Å²) in [6, 6.07) is 5.54. The summed E-state index contributed by atoms with van der Waals surface area (Å²) in [6.45, 7) is -0.320. The highest BCUT2D eigenvalue weighted by molar-refractivity contribution is 6.12. The first-order chi connectivity index (χ1) is 17.2. The highest BCUT2D eigenvalue weighted by atomic mass is 19.4. The van der Waals surface area contributed by atoms with E-state index in [4.69, 9.17) is 4.74 Å². The van der Waals surface area contributed by atoms with Gasteiger partial charge in [0.15, 0.2) is 0 Å². The van der Waals surface area contributed by atoms with Crippen LogP contribution in [0.15, 0.2) is 43.0 Å². The molecular formula is C24H23F3N6O3. The Bertz CT molecular complexity index is 1310. The van der Waals surface area contributed by atoms with E-state index in [0.717, 1.165) is 38.7 Å². The van der Waals surface area contributed by atoms with E-state index in [-0.39, 0.29) is 24.4 Å². The lowest BCUT2D eigenvalue weighted by atomic mass is 9.92. The van der Waals surface area contributed by atoms with Gasteiger partial charge in [0.25, 0.3) is 5.91 Å². The highest BCUT2D eigenvalue weighted by Gasteiger charge is 2.43. The fraction of sp³-hybridized carbons (Fsp3) is 0.375. The minimum absolute atomic E-state index is 0.0558. The van der Waals surface area contributed by atoms with E-state index < -0.39 is 23.7 Å². The maximum Gasteiger partial charge on any atom is 0.417 e. The summed E-state index contributed by atoms with van der Waals surface area (Å²) in [5, 5.41) is 3.85. The van der Waals surface area contributed by atoms with Crippen molar-refractivity contribution in [3.05, 3.63) is 48.5 Å². The second kappa shape index (κ2) is 9.25. The summed E-state index contributed by atoms with van der Waals surface area (Å²) in [5.41, 5.74) is 0.635. The van der Waals surface area contributed by atoms with Crippen molar-refractivity contribution < 1.29 is 27.5 Å². The Morgan fingerprint density at radius 1 is 1.06 bits per heavy atom. The number of nitrogens with one attached hydrogen (secondary N) is 1. The molecule has 1 saturated carbocycles. The lowest BCUT2D eigenvalue weighted by molar-refractivity contribution is -0.137. The van der Waals surface area contributed by atoms with Gasteiger partial charge in [0.05, 0.1) is 28.4 Å². The first-order valence-corrected chi connectivity index (χ1v) is 11.5. The summed E-state index contributed by atoms with van der Waals surface area (Å²) >= 11 is 0. The number of halogens is 3. The van der Waals surface area contributed by atoms with Crippen molar-refractivity contribution >= 4 is 34.2 Å². The molecule has 3 amide bonds. The van der Waals surface area contributed by atoms with Gasteiger partial charge in [-0.3, -0.25) is 19.6 Å². The summed E-state index contributed by atoms with van der Waals surface area (Å²) in [4.78, 5) is 40.1. The van der Waals surface area contributed by atoms with Crippen molar-refractivity contribution in [2.75, 3.05) is 23.8 Å². The molecule has 3 aromatic rings. The molecule has 2 aliphatic rings. The summed E-state index contributed by atoms with van der Waals surface area (Å²) in [7, 11) is 1.82. The molecule has 9 nitrogen and oxygen atoms in total. The molecule has 1 aliphatic carbocycles. The molecule has 5 rings (SSSR count). The standard InChI is InChI=1S/C24H23F3N6O3/c1-28-15-2-7-19-20(9-15)30-13-31-22(19)36-18-5-3-16(4-6-18)33-21(34)12-32(23(33)35)17-8-14(10-29-11-17)24(25,26)27/h2,7-11,13,16,18,28H,3-6,12H2,1H3/t16-,18-. The van der Waals surface area contributed by atoms with E-state index in [1.54, 1.807) is 0 Å². The Balaban J connectivity index is 1.25. The van der Waals surface area contributed by atoms with Gasteiger partial charge in [-0.25, -0.2) is 14.8 Å². The third-order valence-corrected chi connectivity index (χ3v) is 6.54. The molecule has 1 aliphatic heterocycles. The maximum absolute atomic E-state index is 13.1. The van der Waals surface area contributed by atoms with Gasteiger partial charge >= 0.3 is 12.2 Å². The van der Waals surface area contributed by atoms with Crippen LogP contribution in [0.4, 0.5) is 29.3 Å². The number of imide groups is 1. The zero-order valence-electron chi connectivity index (χ0n) is 19.3. The number of urea groups is 1. The van der Waals surface area contributed by atoms with Crippen LogP contribution in [0.2, 0.25) is 0 Å². The lowest BCUT2D eigenvalue weighted by Crippen LogP contribution is -2.44. The predicted molar refractivity (Wildman–Crippen MR) is 125 cm³/mol. The van der Waals surface area contributed by atoms with E-state index in [1.807, 2.05) is 25.2 Å². The number of carbonyl (C=O) groups excluding carboxylic acids is 2. The fourth-order valence-electron chi connectivity index (χ4n) is 4.67. The summed E-state index contributed by atoms with van der Waals surface area (Å²) < 4.78 is 45.4. The van der Waals surface area contributed by atoms with Crippen molar-refractivity contribution in [3.63, 3.8) is 0 Å². The van der Waals surface area contributed by atoms with Crippen LogP contribution in [-0.4, -0.2) is 57.5 Å². The average Bonchev–Trinajstić information content (AvgIpc) is 3.17. The van der Waals surface area contributed by atoms with Gasteiger partial charge in [0, 0.05) is 25.0 Å². The molecule has 1 aromatic carbocycles. The van der Waals surface area contributed by atoms with Crippen molar-refractivity contribution in [2.24, 2.45) is 0 Å². The first-order valence-electron chi connectivity index (χ1n) is 11.5. The SMILES string of the molecule is CNc1ccc2c(O[C@H]3CC[C@H](N4C(=O)CN(c5cncc(C(F)(F)F)c5)C4=O)CC3)ncnc2c1. The number of alkyl halides is 3. The zero-order valence-corrected chi connectivity index (χ0v) is 19.3. The monoisotopic (exact) mass is 500 g/mol. The molecule has 188 valence electrons. The topological polar surface area (TPSA) is 101 Å². The summed E-state index contributed by atoms with van der Waals surface area (Å²) in [5.74, 6) is 0.0339. The molecule has 0 atom stereocenters. The van der Waals surface area contributed by atoms with Gasteiger partial charge in [-0.15, -0.1) is 0 Å². The zero-order chi connectivity index (χ0) is 25.4. The number of fused-ring (bicyclic) bond motifs is 1. The third kappa shape index (κ3) is 4.50. The molecule has 0 bridgehead atoms. The number of anilines is 2. The molecule has 3 heterocycles. The van der Waals surface area contributed by atoms with Crippen LogP contribution in [0.1, 0.15) is 31.2 Å². The van der Waals surface area contributed by atoms with Crippen LogP contribution in [0, 0.1) is 0 Å². The van der Waals surface area contributed by atoms with Gasteiger partial charge < -0.3 is 10.1 Å². The smallest absolute Gasteiger partial charge is 0.417 e. The van der Waals surface area contributed by atoms with E-state index in [0.29, 0.717) is 37.8 Å². The molecule has 2 aromatic heterocycles. The van der Waals surface area contributed by atoms with Gasteiger partial charge in [-0.2, -0.15) is 13.2 Å². The van der Waals surface area contributed by atoms with Crippen molar-refractivity contribution in [1.82, 2.24) is 19.9 Å². The molecule has 12 heteroatoms. The van der Waals surface area contributed by atoms with Gasteiger partial charge in [-0.1, -0.05) is 0 Å². The van der Waals surface area contributed by atoms with Crippen LogP contribution in [0.3, 0.4) is 0 Å². The Morgan fingerprint density at radius 3 is 2.56 bits per heavy atom. The second-order valence-electron chi connectivity index (χ2n) is 8.77. The number of nitrogens with zero attached hydrogens (tertiary/aromatic N) is 5. The third-order valence-electron chi connectivity index (χ3n) is 6.54. The molecule has 36 heavy (non-hydrogen) atoms. The van der Waals surface area contributed by atoms with Crippen molar-refractivity contribution in [1.29, 1.82) is 0 Å². The number of amides is 3. The molecule has 0 spiro atoms. The number of hydrogen-bond acceptors (Lipinski definition) is 7. The number of rotatable bonds is 5. The first kappa shape index (κ1) is 23.8. The molecule has 0 radical (unpaired) electrons. The largest absolute Gasteiger partial charge is 0.474 e. The Morgan fingerprint density at radius 2 is 1.83 bits per heavy atom. The minimum Gasteiger partial charge on any atom is -0.474 e. The van der Waals surface area contributed by atoms with E-state index >= 15 is 0 Å². The number of carbonyl (C=O) groups is 2. The van der Waals surface area contributed by atoms with Gasteiger partial charge in [-0.05, 0) is 49.9 Å². The Hall–Kier alpha value is -3.96. The van der Waals surface area contributed by atoms with Crippen LogP contribution in [0.25, 0.3) is 10.9 Å². The van der Waals surface area contributed by atoms with Gasteiger partial charge in [0.1, 0.15) is 19.0 Å². The number of hydrogen-bond donors (Lipinski definition) is 1. The molecule has 1 saturated heterocycles. The lowest BCUT2D eigenvalue weighted by Gasteiger charge is -2.33. The number of pyridine rings is 1. The summed E-state index contributed by atoms with van der Waals surface area (Å²) in [6.07, 6.45) is 0.748. The van der Waals surface area contributed by atoms with Crippen LogP contribution >= 0.6 is 0 Å². The van der Waals surface area contributed by atoms with E-state index in [9.17, 15) is 22.8 Å². The van der Waals surface area contributed by atoms with Crippen LogP contribution in [-0.2, 0) is 11.0 Å². The fourth-order valence-corrected chi connectivity index (χ4v) is 4.67. The van der Waals surface area contributed by atoms with Gasteiger partial charge in [0.2, 0.25) is 5.88 Å². The second-order valence-corrected chi connectivity index (χ2v) is 8.77. The van der Waals surface area contributed by atoms with E-state index in [2.05, 4.69) is 20.3 Å². The number of ether oxygens (including phenoxy) is 1. The Kier molecular flexibility index (Phi) is 6.10.